The maximum Gasteiger partial charge on any atom is 0.389 e. The van der Waals surface area contributed by atoms with Crippen molar-refractivity contribution < 1.29 is 13.2 Å². The zero-order chi connectivity index (χ0) is 18.1. The lowest BCUT2D eigenvalue weighted by molar-refractivity contribution is -0.135. The van der Waals surface area contributed by atoms with Crippen LogP contribution in [0, 0.1) is 0 Å². The number of unbranched alkanes of at least 4 members (excludes halogenated alkanes) is 1. The molecule has 1 saturated heterocycles. The molecular formula is C17H26F3N5. The van der Waals surface area contributed by atoms with Crippen molar-refractivity contribution in [2.45, 2.75) is 32.4 Å². The molecule has 1 aliphatic rings. The molecule has 0 saturated carbocycles. The first-order valence-electron chi connectivity index (χ1n) is 8.75. The van der Waals surface area contributed by atoms with Crippen LogP contribution in [0.25, 0.3) is 0 Å². The Morgan fingerprint density at radius 1 is 1.20 bits per heavy atom. The van der Waals surface area contributed by atoms with Crippen LogP contribution in [0.4, 0.5) is 19.0 Å². The maximum atomic E-state index is 12.2. The summed E-state index contributed by atoms with van der Waals surface area (Å²) in [5.74, 6) is 1.76. The molecule has 1 aromatic heterocycles. The number of nitrogens with zero attached hydrogens (tertiary/aromatic N) is 4. The van der Waals surface area contributed by atoms with Gasteiger partial charge >= 0.3 is 6.18 Å². The third-order valence-corrected chi connectivity index (χ3v) is 4.02. The summed E-state index contributed by atoms with van der Waals surface area (Å²) in [5.41, 5.74) is 0. The van der Waals surface area contributed by atoms with Gasteiger partial charge in [0.15, 0.2) is 5.96 Å². The minimum absolute atomic E-state index is 0.125. The second-order valence-corrected chi connectivity index (χ2v) is 5.97. The van der Waals surface area contributed by atoms with Crippen molar-refractivity contribution in [3.05, 3.63) is 24.4 Å². The quantitative estimate of drug-likeness (QED) is 0.483. The lowest BCUT2D eigenvalue weighted by Gasteiger charge is -2.37. The van der Waals surface area contributed by atoms with Crippen LogP contribution in [-0.2, 0) is 0 Å². The number of hydrogen-bond acceptors (Lipinski definition) is 3. The third kappa shape index (κ3) is 6.80. The summed E-state index contributed by atoms with van der Waals surface area (Å²) in [5, 5.41) is 3.23. The molecule has 8 heteroatoms. The molecule has 0 aliphatic carbocycles. The van der Waals surface area contributed by atoms with Crippen molar-refractivity contribution >= 4 is 11.8 Å². The zero-order valence-electron chi connectivity index (χ0n) is 14.6. The van der Waals surface area contributed by atoms with E-state index in [4.69, 9.17) is 0 Å². The largest absolute Gasteiger partial charge is 0.389 e. The Morgan fingerprint density at radius 3 is 2.56 bits per heavy atom. The first-order chi connectivity index (χ1) is 12.0. The SMILES string of the molecule is CCNC(=NCCCCC(F)(F)F)N1CCN(c2ccccn2)CC1. The molecule has 0 spiro atoms. The Balaban J connectivity index is 1.81. The molecular weight excluding hydrogens is 331 g/mol. The maximum absolute atomic E-state index is 12.2. The summed E-state index contributed by atoms with van der Waals surface area (Å²) in [6.45, 7) is 6.45. The molecule has 0 bridgehead atoms. The number of piperazine rings is 1. The highest BCUT2D eigenvalue weighted by Gasteiger charge is 2.25. The number of aromatic nitrogens is 1. The van der Waals surface area contributed by atoms with Crippen LogP contribution in [0.2, 0.25) is 0 Å². The van der Waals surface area contributed by atoms with Crippen molar-refractivity contribution in [1.29, 1.82) is 0 Å². The molecule has 1 fully saturated rings. The van der Waals surface area contributed by atoms with Gasteiger partial charge in [-0.05, 0) is 31.9 Å². The van der Waals surface area contributed by atoms with Gasteiger partial charge in [0.05, 0.1) is 0 Å². The summed E-state index contributed by atoms with van der Waals surface area (Å²) in [4.78, 5) is 13.2. The minimum atomic E-state index is -4.07. The monoisotopic (exact) mass is 357 g/mol. The van der Waals surface area contributed by atoms with Gasteiger partial charge in [0.1, 0.15) is 5.82 Å². The van der Waals surface area contributed by atoms with Crippen LogP contribution in [0.1, 0.15) is 26.2 Å². The fourth-order valence-electron chi connectivity index (χ4n) is 2.74. The molecule has 1 N–H and O–H groups in total. The number of nitrogens with one attached hydrogen (secondary N) is 1. The Morgan fingerprint density at radius 2 is 1.96 bits per heavy atom. The highest BCUT2D eigenvalue weighted by molar-refractivity contribution is 5.80. The van der Waals surface area contributed by atoms with Crippen LogP contribution in [-0.4, -0.2) is 61.3 Å². The first-order valence-corrected chi connectivity index (χ1v) is 8.75. The van der Waals surface area contributed by atoms with Crippen molar-refractivity contribution in [1.82, 2.24) is 15.2 Å². The van der Waals surface area contributed by atoms with Crippen molar-refractivity contribution in [3.63, 3.8) is 0 Å². The summed E-state index contributed by atoms with van der Waals surface area (Å²) in [7, 11) is 0. The molecule has 1 aromatic rings. The van der Waals surface area contributed by atoms with Crippen molar-refractivity contribution in [2.75, 3.05) is 44.2 Å². The molecule has 2 heterocycles. The van der Waals surface area contributed by atoms with E-state index < -0.39 is 12.6 Å². The second-order valence-electron chi connectivity index (χ2n) is 5.97. The number of rotatable bonds is 6. The molecule has 0 amide bonds. The van der Waals surface area contributed by atoms with Gasteiger partial charge in [-0.3, -0.25) is 4.99 Å². The molecule has 0 radical (unpaired) electrons. The van der Waals surface area contributed by atoms with E-state index in [-0.39, 0.29) is 6.42 Å². The summed E-state index contributed by atoms with van der Waals surface area (Å²) < 4.78 is 36.5. The van der Waals surface area contributed by atoms with E-state index >= 15 is 0 Å². The normalized spacial score (nSPS) is 16.2. The van der Waals surface area contributed by atoms with Gasteiger partial charge in [0, 0.05) is 51.9 Å². The summed E-state index contributed by atoms with van der Waals surface area (Å²) in [6, 6.07) is 5.87. The lowest BCUT2D eigenvalue weighted by atomic mass is 10.2. The average molecular weight is 357 g/mol. The number of alkyl halides is 3. The zero-order valence-corrected chi connectivity index (χ0v) is 14.6. The van der Waals surface area contributed by atoms with Gasteiger partial charge in [-0.1, -0.05) is 6.07 Å². The Hall–Kier alpha value is -1.99. The van der Waals surface area contributed by atoms with Crippen LogP contribution < -0.4 is 10.2 Å². The minimum Gasteiger partial charge on any atom is -0.357 e. The predicted octanol–water partition coefficient (Wildman–Crippen LogP) is 2.90. The lowest BCUT2D eigenvalue weighted by Crippen LogP contribution is -2.52. The predicted molar refractivity (Wildman–Crippen MR) is 93.9 cm³/mol. The smallest absolute Gasteiger partial charge is 0.357 e. The first kappa shape index (κ1) is 19.3. The fraction of sp³-hybridized carbons (Fsp3) is 0.647. The van der Waals surface area contributed by atoms with E-state index in [2.05, 4.69) is 25.1 Å². The van der Waals surface area contributed by atoms with E-state index in [0.717, 1.165) is 44.5 Å². The number of halogens is 3. The van der Waals surface area contributed by atoms with Gasteiger partial charge in [0.2, 0.25) is 0 Å². The van der Waals surface area contributed by atoms with Crippen LogP contribution in [0.15, 0.2) is 29.4 Å². The Kier molecular flexibility index (Phi) is 7.33. The highest BCUT2D eigenvalue weighted by atomic mass is 19.4. The van der Waals surface area contributed by atoms with Crippen molar-refractivity contribution in [2.24, 2.45) is 4.99 Å². The number of pyridine rings is 1. The molecule has 0 unspecified atom stereocenters. The molecule has 5 nitrogen and oxygen atoms in total. The van der Waals surface area contributed by atoms with Gasteiger partial charge in [-0.25, -0.2) is 4.98 Å². The van der Waals surface area contributed by atoms with E-state index in [1.807, 2.05) is 25.1 Å². The summed E-state index contributed by atoms with van der Waals surface area (Å²) in [6.07, 6.45) is -2.45. The van der Waals surface area contributed by atoms with E-state index in [0.29, 0.717) is 13.0 Å². The van der Waals surface area contributed by atoms with Gasteiger partial charge in [-0.2, -0.15) is 13.2 Å². The van der Waals surface area contributed by atoms with Crippen LogP contribution >= 0.6 is 0 Å². The summed E-state index contributed by atoms with van der Waals surface area (Å²) >= 11 is 0. The van der Waals surface area contributed by atoms with Gasteiger partial charge < -0.3 is 15.1 Å². The topological polar surface area (TPSA) is 43.8 Å². The molecule has 25 heavy (non-hydrogen) atoms. The number of guanidine groups is 1. The molecule has 2 rings (SSSR count). The van der Waals surface area contributed by atoms with E-state index in [1.165, 1.54) is 0 Å². The third-order valence-electron chi connectivity index (χ3n) is 4.02. The van der Waals surface area contributed by atoms with E-state index in [1.54, 1.807) is 6.20 Å². The molecule has 140 valence electrons. The molecule has 1 aliphatic heterocycles. The molecule has 0 atom stereocenters. The average Bonchev–Trinajstić information content (AvgIpc) is 2.60. The highest BCUT2D eigenvalue weighted by Crippen LogP contribution is 2.22. The van der Waals surface area contributed by atoms with Crippen LogP contribution in [0.3, 0.4) is 0 Å². The number of aliphatic imine (C=N–C) groups is 1. The van der Waals surface area contributed by atoms with E-state index in [9.17, 15) is 13.2 Å². The van der Waals surface area contributed by atoms with Gasteiger partial charge in [-0.15, -0.1) is 0 Å². The van der Waals surface area contributed by atoms with Crippen molar-refractivity contribution in [3.8, 4) is 0 Å². The Bertz CT molecular complexity index is 525. The fourth-order valence-corrected chi connectivity index (χ4v) is 2.74. The van der Waals surface area contributed by atoms with Crippen LogP contribution in [0.5, 0.6) is 0 Å². The Labute approximate surface area is 146 Å². The van der Waals surface area contributed by atoms with Gasteiger partial charge in [0.25, 0.3) is 0 Å². The number of anilines is 1. The number of hydrogen-bond donors (Lipinski definition) is 1. The standard InChI is InChI=1S/C17H26F3N5/c1-2-21-16(23-10-6-4-8-17(18,19)20)25-13-11-24(12-14-25)15-7-3-5-9-22-15/h3,5,7,9H,2,4,6,8,10-14H2,1H3,(H,21,23). The second kappa shape index (κ2) is 9.48. The molecule has 0 aromatic carbocycles.